The van der Waals surface area contributed by atoms with E-state index in [1.54, 1.807) is 28.4 Å². The highest BCUT2D eigenvalue weighted by atomic mass is 35.5. The van der Waals surface area contributed by atoms with Crippen molar-refractivity contribution in [3.8, 4) is 6.07 Å². The summed E-state index contributed by atoms with van der Waals surface area (Å²) in [5.41, 5.74) is 3.90. The van der Waals surface area contributed by atoms with Gasteiger partial charge < -0.3 is 0 Å². The fourth-order valence-corrected chi connectivity index (χ4v) is 7.20. The number of nitriles is 1. The van der Waals surface area contributed by atoms with Crippen molar-refractivity contribution in [3.05, 3.63) is 61.1 Å². The van der Waals surface area contributed by atoms with Gasteiger partial charge in [0.05, 0.1) is 5.56 Å². The van der Waals surface area contributed by atoms with E-state index in [-0.39, 0.29) is 24.0 Å². The molecule has 1 aliphatic heterocycles. The van der Waals surface area contributed by atoms with Crippen LogP contribution in [0, 0.1) is 11.3 Å². The van der Waals surface area contributed by atoms with Crippen LogP contribution in [-0.2, 0) is 22.4 Å². The molecule has 0 saturated carbocycles. The van der Waals surface area contributed by atoms with Gasteiger partial charge in [-0.1, -0.05) is 35.7 Å². The maximum absolute atomic E-state index is 13.6. The highest BCUT2D eigenvalue weighted by Crippen LogP contribution is 2.48. The van der Waals surface area contributed by atoms with Crippen molar-refractivity contribution < 1.29 is 9.59 Å². The van der Waals surface area contributed by atoms with Crippen molar-refractivity contribution in [2.24, 2.45) is 0 Å². The number of carbonyl (C=O) groups excluding carboxylic acids is 2. The fourth-order valence-electron chi connectivity index (χ4n) is 5.28. The van der Waals surface area contributed by atoms with Gasteiger partial charge in [0.2, 0.25) is 5.91 Å². The van der Waals surface area contributed by atoms with E-state index in [9.17, 15) is 14.9 Å². The van der Waals surface area contributed by atoms with Gasteiger partial charge in [0.1, 0.15) is 11.1 Å². The quantitative estimate of drug-likeness (QED) is 0.444. The zero-order valence-electron chi connectivity index (χ0n) is 17.5. The second kappa shape index (κ2) is 8.67. The molecule has 5 rings (SSSR count). The second-order valence-electron chi connectivity index (χ2n) is 8.65. The molecule has 0 unspecified atom stereocenters. The summed E-state index contributed by atoms with van der Waals surface area (Å²) in [4.78, 5) is 29.6. The summed E-state index contributed by atoms with van der Waals surface area (Å²) in [6, 6.07) is 7.61. The van der Waals surface area contributed by atoms with Crippen LogP contribution in [0.5, 0.6) is 0 Å². The first-order chi connectivity index (χ1) is 15.5. The van der Waals surface area contributed by atoms with Crippen molar-refractivity contribution in [2.75, 3.05) is 4.90 Å². The number of benzene rings is 1. The van der Waals surface area contributed by atoms with Crippen LogP contribution in [-0.4, -0.2) is 11.7 Å². The van der Waals surface area contributed by atoms with E-state index < -0.39 is 0 Å². The minimum Gasteiger partial charge on any atom is -0.294 e. The third-order valence-corrected chi connectivity index (χ3v) is 8.57. The number of nitrogens with zero attached hydrogens (tertiary/aromatic N) is 2. The molecule has 0 bridgehead atoms. The molecule has 0 saturated heterocycles. The van der Waals surface area contributed by atoms with Crippen LogP contribution in [0.3, 0.4) is 0 Å². The third-order valence-electron chi connectivity index (χ3n) is 6.73. The van der Waals surface area contributed by atoms with Crippen LogP contribution in [0.1, 0.15) is 72.4 Å². The first-order valence-corrected chi connectivity index (χ1v) is 12.7. The molecule has 1 aromatic carbocycles. The number of fused-ring (bicyclic) bond motifs is 1. The van der Waals surface area contributed by atoms with Crippen molar-refractivity contribution in [1.29, 1.82) is 5.26 Å². The maximum atomic E-state index is 13.6. The Morgan fingerprint density at radius 3 is 2.62 bits per heavy atom. The number of aryl methyl sites for hydroxylation is 1. The number of Topliss-reactive ketones (excluding diaryl/α,β-unsaturated/α-hetero) is 1. The Morgan fingerprint density at radius 1 is 1.03 bits per heavy atom. The zero-order chi connectivity index (χ0) is 22.4. The summed E-state index contributed by atoms with van der Waals surface area (Å²) in [5, 5.41) is 11.7. The van der Waals surface area contributed by atoms with Crippen molar-refractivity contribution in [1.82, 2.24) is 0 Å². The van der Waals surface area contributed by atoms with Gasteiger partial charge in [-0.25, -0.2) is 0 Å². The summed E-state index contributed by atoms with van der Waals surface area (Å²) in [6.45, 7) is 0. The van der Waals surface area contributed by atoms with Crippen LogP contribution in [0.15, 0.2) is 29.5 Å². The van der Waals surface area contributed by atoms with Crippen LogP contribution in [0.4, 0.5) is 5.00 Å². The first kappa shape index (κ1) is 21.7. The first-order valence-electron chi connectivity index (χ1n) is 11.1. The van der Waals surface area contributed by atoms with Crippen LogP contribution < -0.4 is 4.90 Å². The Morgan fingerprint density at radius 2 is 1.84 bits per heavy atom. The summed E-state index contributed by atoms with van der Waals surface area (Å²) in [5.74, 6) is -0.395. The SMILES string of the molecule is N#Cc1c(N2C(=O)C[C@H](c3ccc(Cl)cc3Cl)C3=C2CCCC3=O)sc2c1CCCCC2. The summed E-state index contributed by atoms with van der Waals surface area (Å²) >= 11 is 14.1. The number of carbonyl (C=O) groups is 2. The molecule has 0 radical (unpaired) electrons. The van der Waals surface area contributed by atoms with E-state index in [2.05, 4.69) is 6.07 Å². The molecular formula is C25H22Cl2N2O2S. The van der Waals surface area contributed by atoms with E-state index in [4.69, 9.17) is 23.2 Å². The summed E-state index contributed by atoms with van der Waals surface area (Å²) in [7, 11) is 0. The predicted octanol–water partition coefficient (Wildman–Crippen LogP) is 6.72. The lowest BCUT2D eigenvalue weighted by atomic mass is 9.77. The molecule has 1 aromatic heterocycles. The molecule has 2 heterocycles. The molecule has 4 nitrogen and oxygen atoms in total. The standard InChI is InChI=1S/C25H22Cl2N2O2S/c26-14-9-10-15(19(27)11-14)17-12-23(31)29(20-6-4-7-21(30)24(17)20)25-18(13-28)16-5-2-1-3-8-22(16)32-25/h9-11,17H,1-8,12H2/t17-/m1/s1. The average Bonchev–Trinajstić information content (AvgIpc) is 2.93. The number of amides is 1. The zero-order valence-corrected chi connectivity index (χ0v) is 19.9. The predicted molar refractivity (Wildman–Crippen MR) is 127 cm³/mol. The number of rotatable bonds is 2. The van der Waals surface area contributed by atoms with Gasteiger partial charge in [-0.2, -0.15) is 5.26 Å². The van der Waals surface area contributed by atoms with Crippen molar-refractivity contribution in [2.45, 2.75) is 63.7 Å². The lowest BCUT2D eigenvalue weighted by Gasteiger charge is -2.38. The number of hydrogen-bond donors (Lipinski definition) is 0. The number of halogens is 2. The van der Waals surface area contributed by atoms with E-state index in [1.807, 2.05) is 6.07 Å². The lowest BCUT2D eigenvalue weighted by molar-refractivity contribution is -0.119. The minimum atomic E-state index is -0.380. The fraction of sp³-hybridized carbons (Fsp3) is 0.400. The molecule has 1 atom stereocenters. The van der Waals surface area contributed by atoms with Gasteiger partial charge in [0.25, 0.3) is 0 Å². The molecule has 0 spiro atoms. The second-order valence-corrected chi connectivity index (χ2v) is 10.6. The summed E-state index contributed by atoms with van der Waals surface area (Å²) in [6.07, 6.45) is 7.13. The maximum Gasteiger partial charge on any atom is 0.232 e. The largest absolute Gasteiger partial charge is 0.294 e. The molecule has 0 fully saturated rings. The third kappa shape index (κ3) is 3.59. The number of ketones is 1. The topological polar surface area (TPSA) is 61.2 Å². The van der Waals surface area contributed by atoms with Crippen molar-refractivity contribution in [3.63, 3.8) is 0 Å². The Kier molecular flexibility index (Phi) is 5.88. The van der Waals surface area contributed by atoms with Crippen LogP contribution in [0.2, 0.25) is 10.0 Å². The average molecular weight is 485 g/mol. The lowest BCUT2D eigenvalue weighted by Crippen LogP contribution is -2.40. The number of hydrogen-bond acceptors (Lipinski definition) is 4. The number of allylic oxidation sites excluding steroid dienone is 2. The molecule has 0 N–H and O–H groups in total. The number of anilines is 1. The van der Waals surface area contributed by atoms with E-state index >= 15 is 0 Å². The molecule has 2 aromatic rings. The monoisotopic (exact) mass is 484 g/mol. The number of thiophene rings is 1. The normalized spacial score (nSPS) is 21.2. The van der Waals surface area contributed by atoms with E-state index in [0.717, 1.165) is 48.9 Å². The van der Waals surface area contributed by atoms with Crippen molar-refractivity contribution >= 4 is 51.2 Å². The summed E-state index contributed by atoms with van der Waals surface area (Å²) < 4.78 is 0. The molecule has 2 aliphatic carbocycles. The van der Waals surface area contributed by atoms with Crippen LogP contribution in [0.25, 0.3) is 0 Å². The van der Waals surface area contributed by atoms with Gasteiger partial charge in [-0.3, -0.25) is 14.5 Å². The Hall–Kier alpha value is -2.13. The van der Waals surface area contributed by atoms with Gasteiger partial charge in [0.15, 0.2) is 5.78 Å². The van der Waals surface area contributed by atoms with E-state index in [0.29, 0.717) is 45.4 Å². The molecule has 164 valence electrons. The molecule has 7 heteroatoms. The smallest absolute Gasteiger partial charge is 0.232 e. The Labute approximate surface area is 201 Å². The molecule has 32 heavy (non-hydrogen) atoms. The highest BCUT2D eigenvalue weighted by molar-refractivity contribution is 7.16. The Bertz CT molecular complexity index is 1210. The highest BCUT2D eigenvalue weighted by Gasteiger charge is 2.42. The van der Waals surface area contributed by atoms with Gasteiger partial charge in [-0.15, -0.1) is 11.3 Å². The van der Waals surface area contributed by atoms with Gasteiger partial charge >= 0.3 is 0 Å². The molecule has 1 amide bonds. The minimum absolute atomic E-state index is 0.0661. The molecular weight excluding hydrogens is 463 g/mol. The van der Waals surface area contributed by atoms with Gasteiger partial charge in [0, 0.05) is 45.0 Å². The van der Waals surface area contributed by atoms with E-state index in [1.165, 1.54) is 4.88 Å². The molecule has 3 aliphatic rings. The van der Waals surface area contributed by atoms with Crippen LogP contribution >= 0.6 is 34.5 Å². The Balaban J connectivity index is 1.67. The van der Waals surface area contributed by atoms with Gasteiger partial charge in [-0.05, 0) is 61.8 Å².